The minimum absolute atomic E-state index is 0.0478. The maximum atomic E-state index is 12.3. The van der Waals surface area contributed by atoms with Crippen molar-refractivity contribution in [2.24, 2.45) is 0 Å². The van der Waals surface area contributed by atoms with Crippen molar-refractivity contribution in [3.63, 3.8) is 0 Å². The first kappa shape index (κ1) is 16.0. The fraction of sp³-hybridized carbons (Fsp3) is 0.227. The molecule has 5 heteroatoms. The van der Waals surface area contributed by atoms with Gasteiger partial charge in [-0.25, -0.2) is 0 Å². The van der Waals surface area contributed by atoms with Crippen LogP contribution in [0.1, 0.15) is 25.0 Å². The summed E-state index contributed by atoms with van der Waals surface area (Å²) in [6.07, 6.45) is 7.58. The molecule has 1 saturated heterocycles. The summed E-state index contributed by atoms with van der Waals surface area (Å²) in [6.45, 7) is 4.75. The third kappa shape index (κ3) is 2.14. The first-order chi connectivity index (χ1) is 13.0. The monoisotopic (exact) mass is 356 g/mol. The highest BCUT2D eigenvalue weighted by Gasteiger charge is 2.59. The van der Waals surface area contributed by atoms with Crippen molar-refractivity contribution in [3.05, 3.63) is 72.1 Å². The van der Waals surface area contributed by atoms with Crippen LogP contribution in [-0.4, -0.2) is 28.1 Å². The Labute approximate surface area is 157 Å². The number of amides is 1. The van der Waals surface area contributed by atoms with Crippen LogP contribution in [0.15, 0.2) is 60.9 Å². The Morgan fingerprint density at radius 2 is 1.85 bits per heavy atom. The van der Waals surface area contributed by atoms with Crippen molar-refractivity contribution in [1.29, 1.82) is 0 Å². The van der Waals surface area contributed by atoms with Gasteiger partial charge in [0.25, 0.3) is 0 Å². The third-order valence-electron chi connectivity index (χ3n) is 5.89. The molecule has 27 heavy (non-hydrogen) atoms. The molecule has 1 fully saturated rings. The van der Waals surface area contributed by atoms with E-state index in [-0.39, 0.29) is 11.3 Å². The minimum atomic E-state index is -0.578. The second-order valence-electron chi connectivity index (χ2n) is 7.68. The Hall–Kier alpha value is -3.21. The van der Waals surface area contributed by atoms with Crippen LogP contribution >= 0.6 is 0 Å². The van der Waals surface area contributed by atoms with E-state index < -0.39 is 5.66 Å². The predicted molar refractivity (Wildman–Crippen MR) is 106 cm³/mol. The fourth-order valence-electron chi connectivity index (χ4n) is 4.44. The number of rotatable bonds is 2. The molecule has 1 aromatic heterocycles. The highest BCUT2D eigenvalue weighted by molar-refractivity contribution is 5.91. The molecule has 2 aromatic carbocycles. The molecular weight excluding hydrogens is 336 g/mol. The lowest BCUT2D eigenvalue weighted by Crippen LogP contribution is -2.58. The molecule has 5 nitrogen and oxygen atoms in total. The molecule has 1 unspecified atom stereocenters. The number of nitrogens with one attached hydrogen (secondary N) is 1. The van der Waals surface area contributed by atoms with Crippen LogP contribution in [0.5, 0.6) is 0 Å². The number of carbonyl (C=O) groups excluding carboxylic acids is 1. The van der Waals surface area contributed by atoms with Gasteiger partial charge < -0.3 is 10.2 Å². The van der Waals surface area contributed by atoms with E-state index in [0.29, 0.717) is 6.54 Å². The van der Waals surface area contributed by atoms with E-state index >= 15 is 0 Å². The molecule has 0 bridgehead atoms. The maximum Gasteiger partial charge on any atom is 0.241 e. The summed E-state index contributed by atoms with van der Waals surface area (Å²) < 4.78 is 0. The van der Waals surface area contributed by atoms with Gasteiger partial charge in [-0.3, -0.25) is 14.8 Å². The van der Waals surface area contributed by atoms with Gasteiger partial charge in [-0.1, -0.05) is 44.2 Å². The number of hydrogen-bond acceptors (Lipinski definition) is 4. The molecule has 2 aliphatic rings. The molecule has 2 aliphatic heterocycles. The predicted octanol–water partition coefficient (Wildman–Crippen LogP) is 3.27. The second kappa shape index (κ2) is 5.39. The number of para-hydroxylation sites is 1. The van der Waals surface area contributed by atoms with E-state index in [0.717, 1.165) is 22.3 Å². The van der Waals surface area contributed by atoms with Crippen LogP contribution in [0.4, 0.5) is 5.69 Å². The van der Waals surface area contributed by atoms with Gasteiger partial charge in [0.05, 0.1) is 17.6 Å². The van der Waals surface area contributed by atoms with Gasteiger partial charge >= 0.3 is 0 Å². The third-order valence-corrected chi connectivity index (χ3v) is 5.89. The van der Waals surface area contributed by atoms with Crippen LogP contribution in [0, 0.1) is 0 Å². The average Bonchev–Trinajstić information content (AvgIpc) is 3.11. The van der Waals surface area contributed by atoms with Crippen molar-refractivity contribution in [2.75, 3.05) is 11.4 Å². The smallest absolute Gasteiger partial charge is 0.241 e. The number of fused-ring (bicyclic) bond motifs is 4. The van der Waals surface area contributed by atoms with Crippen LogP contribution in [0.3, 0.4) is 0 Å². The highest BCUT2D eigenvalue weighted by Crippen LogP contribution is 2.52. The van der Waals surface area contributed by atoms with E-state index in [9.17, 15) is 4.79 Å². The van der Waals surface area contributed by atoms with Crippen molar-refractivity contribution in [1.82, 2.24) is 15.3 Å². The van der Waals surface area contributed by atoms with Crippen LogP contribution in [0.2, 0.25) is 0 Å². The van der Waals surface area contributed by atoms with E-state index in [2.05, 4.69) is 64.4 Å². The zero-order chi connectivity index (χ0) is 18.6. The Morgan fingerprint density at radius 3 is 2.70 bits per heavy atom. The van der Waals surface area contributed by atoms with Crippen LogP contribution in [0.25, 0.3) is 17.1 Å². The normalized spacial score (nSPS) is 22.9. The van der Waals surface area contributed by atoms with Crippen LogP contribution in [-0.2, 0) is 10.2 Å². The Morgan fingerprint density at radius 1 is 1.07 bits per heavy atom. The number of nitrogens with zero attached hydrogens (tertiary/aromatic N) is 3. The molecule has 0 spiro atoms. The molecular formula is C22H20N4O. The van der Waals surface area contributed by atoms with Crippen molar-refractivity contribution in [3.8, 4) is 0 Å². The minimum Gasteiger partial charge on any atom is -0.335 e. The first-order valence-electron chi connectivity index (χ1n) is 9.09. The zero-order valence-corrected chi connectivity index (χ0v) is 15.3. The molecule has 1 amide bonds. The summed E-state index contributed by atoms with van der Waals surface area (Å²) in [5.74, 6) is 0.0478. The van der Waals surface area contributed by atoms with Gasteiger partial charge in [-0.15, -0.1) is 0 Å². The van der Waals surface area contributed by atoms with E-state index in [1.165, 1.54) is 5.56 Å². The molecule has 134 valence electrons. The summed E-state index contributed by atoms with van der Waals surface area (Å²) in [5, 5.41) is 3.25. The lowest BCUT2D eigenvalue weighted by Gasteiger charge is -2.40. The largest absolute Gasteiger partial charge is 0.335 e. The summed E-state index contributed by atoms with van der Waals surface area (Å²) in [5.41, 5.74) is 4.29. The molecule has 0 saturated carbocycles. The average molecular weight is 356 g/mol. The van der Waals surface area contributed by atoms with Gasteiger partial charge in [0.15, 0.2) is 0 Å². The Bertz CT molecular complexity index is 1100. The zero-order valence-electron chi connectivity index (χ0n) is 15.3. The molecule has 1 atom stereocenters. The van der Waals surface area contributed by atoms with Crippen molar-refractivity contribution in [2.45, 2.75) is 24.9 Å². The van der Waals surface area contributed by atoms with E-state index in [1.807, 2.05) is 24.3 Å². The lowest BCUT2D eigenvalue weighted by molar-refractivity contribution is -0.118. The molecule has 0 radical (unpaired) electrons. The number of anilines is 1. The highest BCUT2D eigenvalue weighted by atomic mass is 16.2. The number of hydrogen-bond donors (Lipinski definition) is 1. The molecule has 3 aromatic rings. The Kier molecular flexibility index (Phi) is 3.20. The molecule has 5 rings (SSSR count). The summed E-state index contributed by atoms with van der Waals surface area (Å²) in [6, 6.07) is 14.4. The summed E-state index contributed by atoms with van der Waals surface area (Å²) in [7, 11) is 0. The lowest BCUT2D eigenvalue weighted by atomic mass is 9.75. The van der Waals surface area contributed by atoms with E-state index in [4.69, 9.17) is 0 Å². The summed E-state index contributed by atoms with van der Waals surface area (Å²) >= 11 is 0. The SMILES string of the molecule is CC1(C)c2ccccc2N2CC(=O)NC21C=Cc1ccc2nccnc2c1. The second-order valence-corrected chi connectivity index (χ2v) is 7.68. The van der Waals surface area contributed by atoms with Gasteiger partial charge in [-0.05, 0) is 35.4 Å². The number of carbonyl (C=O) groups is 1. The maximum absolute atomic E-state index is 12.3. The summed E-state index contributed by atoms with van der Waals surface area (Å²) in [4.78, 5) is 23.2. The van der Waals surface area contributed by atoms with Gasteiger partial charge in [0.1, 0.15) is 5.66 Å². The van der Waals surface area contributed by atoms with Gasteiger partial charge in [-0.2, -0.15) is 0 Å². The van der Waals surface area contributed by atoms with Crippen LogP contribution < -0.4 is 10.2 Å². The standard InChI is InChI=1S/C22H20N4O/c1-21(2)16-5-3-4-6-19(16)26-14-20(27)25-22(21,26)10-9-15-7-8-17-18(13-15)24-12-11-23-17/h3-13H,14H2,1-2H3,(H,25,27). The topological polar surface area (TPSA) is 58.1 Å². The van der Waals surface area contributed by atoms with Crippen molar-refractivity contribution < 1.29 is 4.79 Å². The molecule has 0 aliphatic carbocycles. The van der Waals surface area contributed by atoms with Crippen molar-refractivity contribution >= 4 is 28.7 Å². The quantitative estimate of drug-likeness (QED) is 0.766. The van der Waals surface area contributed by atoms with E-state index in [1.54, 1.807) is 12.4 Å². The first-order valence-corrected chi connectivity index (χ1v) is 9.09. The fourth-order valence-corrected chi connectivity index (χ4v) is 4.44. The molecule has 1 N–H and O–H groups in total. The Balaban J connectivity index is 1.61. The number of aromatic nitrogens is 2. The molecule has 3 heterocycles. The van der Waals surface area contributed by atoms with Gasteiger partial charge in [0, 0.05) is 23.5 Å². The van der Waals surface area contributed by atoms with Gasteiger partial charge in [0.2, 0.25) is 5.91 Å². The number of benzene rings is 2.